The summed E-state index contributed by atoms with van der Waals surface area (Å²) >= 11 is 2.95. The summed E-state index contributed by atoms with van der Waals surface area (Å²) in [5.74, 6) is 0.440. The molecule has 0 saturated carbocycles. The first-order chi connectivity index (χ1) is 8.10. The number of thioether (sulfide) groups is 1. The minimum atomic E-state index is -0.347. The van der Waals surface area contributed by atoms with E-state index in [1.807, 2.05) is 13.0 Å². The molecule has 0 saturated heterocycles. The predicted molar refractivity (Wildman–Crippen MR) is 71.6 cm³/mol. The van der Waals surface area contributed by atoms with Crippen LogP contribution in [0.4, 0.5) is 5.95 Å². The van der Waals surface area contributed by atoms with Crippen LogP contribution in [0.1, 0.15) is 4.88 Å². The highest BCUT2D eigenvalue weighted by atomic mass is 32.2. The van der Waals surface area contributed by atoms with E-state index >= 15 is 0 Å². The van der Waals surface area contributed by atoms with Crippen molar-refractivity contribution in [3.63, 3.8) is 0 Å². The second kappa shape index (κ2) is 4.89. The van der Waals surface area contributed by atoms with E-state index in [0.29, 0.717) is 5.95 Å². The highest BCUT2D eigenvalue weighted by molar-refractivity contribution is 8.00. The summed E-state index contributed by atoms with van der Waals surface area (Å²) in [6.45, 7) is 2.02. The molecule has 5 nitrogen and oxygen atoms in total. The second-order valence-corrected chi connectivity index (χ2v) is 5.63. The van der Waals surface area contributed by atoms with E-state index in [4.69, 9.17) is 5.73 Å². The first-order valence-electron chi connectivity index (χ1n) is 4.97. The SMILES string of the molecule is CNc1nc(SCC(N)=O)c2cc(C)sc2n1. The Morgan fingerprint density at radius 3 is 3.00 bits per heavy atom. The number of anilines is 1. The molecular formula is C10H12N4OS2. The van der Waals surface area contributed by atoms with Crippen molar-refractivity contribution in [3.8, 4) is 0 Å². The molecule has 0 fully saturated rings. The van der Waals surface area contributed by atoms with Crippen molar-refractivity contribution in [1.29, 1.82) is 0 Å². The average molecular weight is 268 g/mol. The van der Waals surface area contributed by atoms with E-state index in [1.165, 1.54) is 16.6 Å². The molecule has 0 radical (unpaired) electrons. The Hall–Kier alpha value is -1.34. The van der Waals surface area contributed by atoms with Gasteiger partial charge >= 0.3 is 0 Å². The van der Waals surface area contributed by atoms with Crippen molar-refractivity contribution in [2.24, 2.45) is 5.73 Å². The molecule has 2 heterocycles. The molecule has 0 aliphatic heterocycles. The molecule has 2 rings (SSSR count). The van der Waals surface area contributed by atoms with E-state index in [1.54, 1.807) is 18.4 Å². The standard InChI is InChI=1S/C10H12N4OS2/c1-5-3-6-8(16-4-7(11)15)13-10(12-2)14-9(6)17-5/h3H,4H2,1-2H3,(H2,11,15)(H,12,13,14). The fourth-order valence-electron chi connectivity index (χ4n) is 1.38. The van der Waals surface area contributed by atoms with Crippen LogP contribution in [0, 0.1) is 6.92 Å². The quantitative estimate of drug-likeness (QED) is 0.650. The first kappa shape index (κ1) is 12.1. The molecule has 0 aliphatic rings. The molecular weight excluding hydrogens is 256 g/mol. The topological polar surface area (TPSA) is 80.9 Å². The summed E-state index contributed by atoms with van der Waals surface area (Å²) < 4.78 is 0. The van der Waals surface area contributed by atoms with Gasteiger partial charge in [-0.2, -0.15) is 0 Å². The van der Waals surface area contributed by atoms with Crippen LogP contribution in [0.2, 0.25) is 0 Å². The molecule has 0 bridgehead atoms. The monoisotopic (exact) mass is 268 g/mol. The maximum Gasteiger partial charge on any atom is 0.227 e. The Morgan fingerprint density at radius 1 is 1.59 bits per heavy atom. The van der Waals surface area contributed by atoms with E-state index in [-0.39, 0.29) is 11.7 Å². The number of hydrogen-bond donors (Lipinski definition) is 2. The van der Waals surface area contributed by atoms with Crippen molar-refractivity contribution in [1.82, 2.24) is 9.97 Å². The lowest BCUT2D eigenvalue weighted by Crippen LogP contribution is -2.13. The van der Waals surface area contributed by atoms with Crippen molar-refractivity contribution in [2.75, 3.05) is 18.1 Å². The van der Waals surface area contributed by atoms with Gasteiger partial charge in [-0.15, -0.1) is 11.3 Å². The molecule has 0 aliphatic carbocycles. The van der Waals surface area contributed by atoms with Crippen LogP contribution in [-0.4, -0.2) is 28.7 Å². The first-order valence-corrected chi connectivity index (χ1v) is 6.77. The lowest BCUT2D eigenvalue weighted by atomic mass is 10.4. The Bertz CT molecular complexity index is 567. The number of carbonyl (C=O) groups excluding carboxylic acids is 1. The lowest BCUT2D eigenvalue weighted by Gasteiger charge is -2.03. The Labute approximate surface area is 107 Å². The molecule has 17 heavy (non-hydrogen) atoms. The Kier molecular flexibility index (Phi) is 3.49. The number of nitrogens with zero attached hydrogens (tertiary/aromatic N) is 2. The summed E-state index contributed by atoms with van der Waals surface area (Å²) in [5, 5.41) is 4.69. The third-order valence-corrected chi connectivity index (χ3v) is 4.01. The van der Waals surface area contributed by atoms with Crippen molar-refractivity contribution in [3.05, 3.63) is 10.9 Å². The summed E-state index contributed by atoms with van der Waals surface area (Å²) in [7, 11) is 1.77. The van der Waals surface area contributed by atoms with Crippen LogP contribution >= 0.6 is 23.1 Å². The number of hydrogen-bond acceptors (Lipinski definition) is 6. The largest absolute Gasteiger partial charge is 0.369 e. The van der Waals surface area contributed by atoms with E-state index in [2.05, 4.69) is 15.3 Å². The maximum absolute atomic E-state index is 10.8. The third kappa shape index (κ3) is 2.67. The molecule has 7 heteroatoms. The molecule has 2 aromatic heterocycles. The van der Waals surface area contributed by atoms with E-state index < -0.39 is 0 Å². The molecule has 2 aromatic rings. The highest BCUT2D eigenvalue weighted by Crippen LogP contribution is 2.31. The number of nitrogens with two attached hydrogens (primary N) is 1. The van der Waals surface area contributed by atoms with Crippen LogP contribution in [-0.2, 0) is 4.79 Å². The molecule has 0 unspecified atom stereocenters. The normalized spacial score (nSPS) is 10.7. The summed E-state index contributed by atoms with van der Waals surface area (Å²) in [4.78, 5) is 21.6. The van der Waals surface area contributed by atoms with Gasteiger partial charge in [0.05, 0.1) is 5.75 Å². The second-order valence-electron chi connectivity index (χ2n) is 3.43. The fourth-order valence-corrected chi connectivity index (χ4v) is 3.06. The summed E-state index contributed by atoms with van der Waals surface area (Å²) in [5.41, 5.74) is 5.14. The molecule has 90 valence electrons. The molecule has 1 amide bonds. The van der Waals surface area contributed by atoms with Crippen LogP contribution in [0.25, 0.3) is 10.2 Å². The maximum atomic E-state index is 10.8. The van der Waals surface area contributed by atoms with Crippen LogP contribution < -0.4 is 11.1 Å². The zero-order valence-electron chi connectivity index (χ0n) is 9.48. The average Bonchev–Trinajstić information content (AvgIpc) is 2.65. The van der Waals surface area contributed by atoms with Gasteiger partial charge in [-0.3, -0.25) is 4.79 Å². The number of nitrogens with one attached hydrogen (secondary N) is 1. The van der Waals surface area contributed by atoms with Crippen molar-refractivity contribution >= 4 is 45.2 Å². The van der Waals surface area contributed by atoms with E-state index in [0.717, 1.165) is 15.2 Å². The zero-order valence-corrected chi connectivity index (χ0v) is 11.1. The number of fused-ring (bicyclic) bond motifs is 1. The minimum absolute atomic E-state index is 0.226. The van der Waals surface area contributed by atoms with Gasteiger partial charge in [-0.05, 0) is 13.0 Å². The van der Waals surface area contributed by atoms with Crippen molar-refractivity contribution < 1.29 is 4.79 Å². The fraction of sp³-hybridized carbons (Fsp3) is 0.300. The zero-order chi connectivity index (χ0) is 12.4. The van der Waals surface area contributed by atoms with Crippen LogP contribution in [0.3, 0.4) is 0 Å². The molecule has 0 spiro atoms. The van der Waals surface area contributed by atoms with Gasteiger partial charge < -0.3 is 11.1 Å². The van der Waals surface area contributed by atoms with Crippen LogP contribution in [0.5, 0.6) is 0 Å². The predicted octanol–water partition coefficient (Wildman–Crippen LogP) is 1.62. The van der Waals surface area contributed by atoms with Gasteiger partial charge in [0.25, 0.3) is 0 Å². The van der Waals surface area contributed by atoms with E-state index in [9.17, 15) is 4.79 Å². The van der Waals surface area contributed by atoms with Crippen molar-refractivity contribution in [2.45, 2.75) is 11.9 Å². The number of amides is 1. The number of thiophene rings is 1. The lowest BCUT2D eigenvalue weighted by molar-refractivity contribution is -0.115. The van der Waals surface area contributed by atoms with Gasteiger partial charge in [0.15, 0.2) is 0 Å². The smallest absolute Gasteiger partial charge is 0.227 e. The number of carbonyl (C=O) groups is 1. The van der Waals surface area contributed by atoms with Gasteiger partial charge in [-0.25, -0.2) is 9.97 Å². The number of primary amides is 1. The summed E-state index contributed by atoms with van der Waals surface area (Å²) in [6.07, 6.45) is 0. The number of aromatic nitrogens is 2. The minimum Gasteiger partial charge on any atom is -0.369 e. The Morgan fingerprint density at radius 2 is 2.35 bits per heavy atom. The number of aryl methyl sites for hydroxylation is 1. The highest BCUT2D eigenvalue weighted by Gasteiger charge is 2.11. The molecule has 0 aromatic carbocycles. The van der Waals surface area contributed by atoms with Crippen LogP contribution in [0.15, 0.2) is 11.1 Å². The summed E-state index contributed by atoms with van der Waals surface area (Å²) in [6, 6.07) is 2.03. The van der Waals surface area contributed by atoms with Gasteiger partial charge in [0, 0.05) is 17.3 Å². The molecule has 0 atom stereocenters. The van der Waals surface area contributed by atoms with Gasteiger partial charge in [-0.1, -0.05) is 11.8 Å². The van der Waals surface area contributed by atoms with Gasteiger partial charge in [0.2, 0.25) is 11.9 Å². The number of rotatable bonds is 4. The third-order valence-electron chi connectivity index (χ3n) is 2.06. The Balaban J connectivity index is 2.46. The molecule has 3 N–H and O–H groups in total. The van der Waals surface area contributed by atoms with Gasteiger partial charge in [0.1, 0.15) is 9.86 Å².